The van der Waals surface area contributed by atoms with E-state index in [4.69, 9.17) is 4.74 Å². The minimum atomic E-state index is -0.496. The number of carbonyl (C=O) groups excluding carboxylic acids is 1. The quantitative estimate of drug-likeness (QED) is 0.663. The van der Waals surface area contributed by atoms with Crippen LogP contribution in [0, 0.1) is 0 Å². The van der Waals surface area contributed by atoms with Crippen molar-refractivity contribution in [3.63, 3.8) is 0 Å². The highest BCUT2D eigenvalue weighted by Crippen LogP contribution is 2.17. The molecule has 0 spiro atoms. The predicted octanol–water partition coefficient (Wildman–Crippen LogP) is 3.10. The molecule has 162 valence electrons. The summed E-state index contributed by atoms with van der Waals surface area (Å²) in [4.78, 5) is 38.9. The fourth-order valence-corrected chi connectivity index (χ4v) is 3.97. The normalized spacial score (nSPS) is 16.2. The number of amides is 1. The molecule has 0 aliphatic carbocycles. The van der Waals surface area contributed by atoms with Crippen LogP contribution in [0.1, 0.15) is 38.2 Å². The molecule has 7 nitrogen and oxygen atoms in total. The van der Waals surface area contributed by atoms with Gasteiger partial charge in [-0.3, -0.25) is 18.7 Å². The number of nitrogens with zero attached hydrogens (tertiary/aromatic N) is 2. The molecular weight excluding hydrogens is 394 g/mol. The van der Waals surface area contributed by atoms with Crippen molar-refractivity contribution in [3.8, 4) is 0 Å². The first-order valence-electron chi connectivity index (χ1n) is 10.7. The Morgan fingerprint density at radius 3 is 2.52 bits per heavy atom. The SMILES string of the molecule is CC(C)c1ccc(NC(=O)Cn2c(=O)n(C[C@H]3CCCO3)c(=O)c3ccccc32)cc1. The zero-order valence-corrected chi connectivity index (χ0v) is 17.8. The third-order valence-electron chi connectivity index (χ3n) is 5.71. The molecule has 31 heavy (non-hydrogen) atoms. The fourth-order valence-electron chi connectivity index (χ4n) is 3.97. The molecule has 0 saturated carbocycles. The van der Waals surface area contributed by atoms with Gasteiger partial charge in [0.25, 0.3) is 5.56 Å². The van der Waals surface area contributed by atoms with E-state index in [0.717, 1.165) is 12.8 Å². The average molecular weight is 421 g/mol. The summed E-state index contributed by atoms with van der Waals surface area (Å²) >= 11 is 0. The van der Waals surface area contributed by atoms with Crippen LogP contribution in [-0.4, -0.2) is 27.8 Å². The Bertz CT molecular complexity index is 1200. The Morgan fingerprint density at radius 2 is 1.84 bits per heavy atom. The minimum Gasteiger partial charge on any atom is -0.376 e. The number of carbonyl (C=O) groups is 1. The molecule has 2 aromatic carbocycles. The van der Waals surface area contributed by atoms with E-state index in [0.29, 0.717) is 29.1 Å². The van der Waals surface area contributed by atoms with Crippen LogP contribution in [0.2, 0.25) is 0 Å². The van der Waals surface area contributed by atoms with Gasteiger partial charge >= 0.3 is 5.69 Å². The number of benzene rings is 2. The Kier molecular flexibility index (Phi) is 6.04. The first kappa shape index (κ1) is 21.1. The van der Waals surface area contributed by atoms with Gasteiger partial charge in [-0.15, -0.1) is 0 Å². The summed E-state index contributed by atoms with van der Waals surface area (Å²) in [5, 5.41) is 3.26. The highest BCUT2D eigenvalue weighted by molar-refractivity contribution is 5.91. The number of para-hydroxylation sites is 1. The molecule has 1 saturated heterocycles. The number of hydrogen-bond acceptors (Lipinski definition) is 4. The van der Waals surface area contributed by atoms with Gasteiger partial charge in [-0.05, 0) is 48.6 Å². The molecule has 4 rings (SSSR count). The van der Waals surface area contributed by atoms with Crippen molar-refractivity contribution < 1.29 is 9.53 Å². The number of anilines is 1. The Balaban J connectivity index is 1.65. The number of ether oxygens (including phenoxy) is 1. The van der Waals surface area contributed by atoms with Gasteiger partial charge in [-0.1, -0.05) is 38.1 Å². The second-order valence-electron chi connectivity index (χ2n) is 8.26. The average Bonchev–Trinajstić information content (AvgIpc) is 3.28. The lowest BCUT2D eigenvalue weighted by molar-refractivity contribution is -0.116. The van der Waals surface area contributed by atoms with Crippen LogP contribution in [0.3, 0.4) is 0 Å². The number of rotatable bonds is 6. The van der Waals surface area contributed by atoms with Gasteiger partial charge in [0.05, 0.1) is 23.6 Å². The zero-order chi connectivity index (χ0) is 22.0. The molecule has 1 aliphatic rings. The van der Waals surface area contributed by atoms with Crippen molar-refractivity contribution >= 4 is 22.5 Å². The highest BCUT2D eigenvalue weighted by Gasteiger charge is 2.21. The van der Waals surface area contributed by atoms with E-state index in [2.05, 4.69) is 19.2 Å². The van der Waals surface area contributed by atoms with E-state index in [-0.39, 0.29) is 30.7 Å². The summed E-state index contributed by atoms with van der Waals surface area (Å²) in [5.41, 5.74) is 1.45. The molecule has 7 heteroatoms. The largest absolute Gasteiger partial charge is 0.376 e. The van der Waals surface area contributed by atoms with E-state index in [1.54, 1.807) is 24.3 Å². The van der Waals surface area contributed by atoms with Crippen LogP contribution in [-0.2, 0) is 22.6 Å². The second-order valence-corrected chi connectivity index (χ2v) is 8.26. The van der Waals surface area contributed by atoms with Crippen molar-refractivity contribution in [2.45, 2.75) is 51.8 Å². The lowest BCUT2D eigenvalue weighted by Crippen LogP contribution is -2.43. The second kappa shape index (κ2) is 8.89. The summed E-state index contributed by atoms with van der Waals surface area (Å²) in [6, 6.07) is 14.5. The molecule has 0 unspecified atom stereocenters. The molecule has 1 amide bonds. The topological polar surface area (TPSA) is 82.3 Å². The smallest absolute Gasteiger partial charge is 0.332 e. The van der Waals surface area contributed by atoms with Gasteiger partial charge in [0.2, 0.25) is 5.91 Å². The van der Waals surface area contributed by atoms with E-state index in [1.165, 1.54) is 14.7 Å². The molecular formula is C24H27N3O4. The summed E-state index contributed by atoms with van der Waals surface area (Å²) in [5.74, 6) is 0.0754. The van der Waals surface area contributed by atoms with E-state index < -0.39 is 5.69 Å². The summed E-state index contributed by atoms with van der Waals surface area (Å²) in [6.07, 6.45) is 1.57. The van der Waals surface area contributed by atoms with Crippen molar-refractivity contribution in [2.24, 2.45) is 0 Å². The van der Waals surface area contributed by atoms with Crippen LogP contribution >= 0.6 is 0 Å². The molecule has 1 atom stereocenters. The molecule has 2 heterocycles. The monoisotopic (exact) mass is 421 g/mol. The maximum Gasteiger partial charge on any atom is 0.332 e. The number of hydrogen-bond donors (Lipinski definition) is 1. The summed E-state index contributed by atoms with van der Waals surface area (Å²) in [6.45, 7) is 4.87. The minimum absolute atomic E-state index is 0.159. The van der Waals surface area contributed by atoms with Crippen LogP contribution in [0.25, 0.3) is 10.9 Å². The lowest BCUT2D eigenvalue weighted by atomic mass is 10.0. The van der Waals surface area contributed by atoms with Crippen LogP contribution in [0.4, 0.5) is 5.69 Å². The molecule has 1 fully saturated rings. The van der Waals surface area contributed by atoms with E-state index in [1.807, 2.05) is 24.3 Å². The molecule has 1 aromatic heterocycles. The first-order chi connectivity index (χ1) is 14.9. The van der Waals surface area contributed by atoms with E-state index in [9.17, 15) is 14.4 Å². The van der Waals surface area contributed by atoms with Crippen LogP contribution < -0.4 is 16.6 Å². The van der Waals surface area contributed by atoms with Gasteiger partial charge < -0.3 is 10.1 Å². The van der Waals surface area contributed by atoms with Crippen LogP contribution in [0.5, 0.6) is 0 Å². The third kappa shape index (κ3) is 4.46. The van der Waals surface area contributed by atoms with Crippen molar-refractivity contribution in [1.29, 1.82) is 0 Å². The first-order valence-corrected chi connectivity index (χ1v) is 10.7. The summed E-state index contributed by atoms with van der Waals surface area (Å²) < 4.78 is 8.18. The third-order valence-corrected chi connectivity index (χ3v) is 5.71. The van der Waals surface area contributed by atoms with Gasteiger partial charge in [0.15, 0.2) is 0 Å². The van der Waals surface area contributed by atoms with Gasteiger partial charge in [-0.2, -0.15) is 0 Å². The molecule has 0 radical (unpaired) electrons. The number of aromatic nitrogens is 2. The molecule has 3 aromatic rings. The lowest BCUT2D eigenvalue weighted by Gasteiger charge is -2.16. The maximum atomic E-state index is 13.2. The van der Waals surface area contributed by atoms with Crippen molar-refractivity contribution in [1.82, 2.24) is 9.13 Å². The summed E-state index contributed by atoms with van der Waals surface area (Å²) in [7, 11) is 0. The Labute approximate surface area is 180 Å². The maximum absolute atomic E-state index is 13.2. The van der Waals surface area contributed by atoms with E-state index >= 15 is 0 Å². The fraction of sp³-hybridized carbons (Fsp3) is 0.375. The highest BCUT2D eigenvalue weighted by atomic mass is 16.5. The molecule has 1 N–H and O–H groups in total. The zero-order valence-electron chi connectivity index (χ0n) is 17.8. The van der Waals surface area contributed by atoms with Crippen LogP contribution in [0.15, 0.2) is 58.1 Å². The molecule has 1 aliphatic heterocycles. The van der Waals surface area contributed by atoms with Gasteiger partial charge in [0, 0.05) is 12.3 Å². The number of fused-ring (bicyclic) bond motifs is 1. The van der Waals surface area contributed by atoms with Gasteiger partial charge in [0.1, 0.15) is 6.54 Å². The standard InChI is InChI=1S/C24H27N3O4/c1-16(2)17-9-11-18(12-10-17)25-22(28)15-26-21-8-4-3-7-20(21)23(29)27(24(26)30)14-19-6-5-13-31-19/h3-4,7-12,16,19H,5-6,13-15H2,1-2H3,(H,25,28)/t19-/m1/s1. The Morgan fingerprint density at radius 1 is 1.10 bits per heavy atom. The van der Waals surface area contributed by atoms with Crippen molar-refractivity contribution in [2.75, 3.05) is 11.9 Å². The van der Waals surface area contributed by atoms with Crippen molar-refractivity contribution in [3.05, 3.63) is 74.9 Å². The Hall–Kier alpha value is -3.19. The predicted molar refractivity (Wildman–Crippen MR) is 121 cm³/mol. The van der Waals surface area contributed by atoms with Gasteiger partial charge in [-0.25, -0.2) is 4.79 Å². The molecule has 0 bridgehead atoms. The number of nitrogens with one attached hydrogen (secondary N) is 1.